The van der Waals surface area contributed by atoms with Crippen molar-refractivity contribution in [2.75, 3.05) is 46.9 Å². The van der Waals surface area contributed by atoms with Crippen LogP contribution < -0.4 is 9.47 Å². The Morgan fingerprint density at radius 1 is 0.800 bits per heavy atom. The number of nitrogens with zero attached hydrogens (tertiary/aromatic N) is 5. The maximum Gasteiger partial charge on any atom is 0.161 e. The highest BCUT2D eigenvalue weighted by atomic mass is 16.5. The van der Waals surface area contributed by atoms with E-state index in [0.717, 1.165) is 86.4 Å². The fourth-order valence-corrected chi connectivity index (χ4v) is 5.51. The SMILES string of the molecule is CCc1nc2c(C)cc(C)nc2n1Cc1ccc(/C=C/CN2CCN(Cc3ccc(OC)c(OC)c3)CC2)cc1. The molecule has 0 radical (unpaired) electrons. The topological polar surface area (TPSA) is 55.7 Å². The largest absolute Gasteiger partial charge is 0.493 e. The maximum absolute atomic E-state index is 5.46. The van der Waals surface area contributed by atoms with Crippen molar-refractivity contribution in [3.8, 4) is 11.5 Å². The molecule has 1 fully saturated rings. The molecule has 0 unspecified atom stereocenters. The van der Waals surface area contributed by atoms with Gasteiger partial charge in [-0.1, -0.05) is 49.4 Å². The Balaban J connectivity index is 1.13. The lowest BCUT2D eigenvalue weighted by Crippen LogP contribution is -2.45. The number of pyridine rings is 1. The number of fused-ring (bicyclic) bond motifs is 1. The summed E-state index contributed by atoms with van der Waals surface area (Å²) in [5.41, 5.74) is 7.97. The predicted molar refractivity (Wildman–Crippen MR) is 162 cm³/mol. The maximum atomic E-state index is 5.46. The minimum absolute atomic E-state index is 0.775. The van der Waals surface area contributed by atoms with Gasteiger partial charge in [-0.05, 0) is 54.3 Å². The smallest absolute Gasteiger partial charge is 0.161 e. The number of hydrogen-bond donors (Lipinski definition) is 0. The van der Waals surface area contributed by atoms with Crippen LogP contribution in [0.4, 0.5) is 0 Å². The van der Waals surface area contributed by atoms with Gasteiger partial charge in [0.15, 0.2) is 17.1 Å². The van der Waals surface area contributed by atoms with Crippen LogP contribution in [0.25, 0.3) is 17.2 Å². The third-order valence-electron chi connectivity index (χ3n) is 7.73. The fourth-order valence-electron chi connectivity index (χ4n) is 5.51. The minimum Gasteiger partial charge on any atom is -0.493 e. The first-order valence-corrected chi connectivity index (χ1v) is 14.2. The van der Waals surface area contributed by atoms with Crippen LogP contribution >= 0.6 is 0 Å². The Morgan fingerprint density at radius 3 is 2.20 bits per heavy atom. The molecule has 5 rings (SSSR count). The average molecular weight is 540 g/mol. The summed E-state index contributed by atoms with van der Waals surface area (Å²) >= 11 is 0. The number of methoxy groups -OCH3 is 2. The van der Waals surface area contributed by atoms with Gasteiger partial charge in [-0.15, -0.1) is 0 Å². The van der Waals surface area contributed by atoms with Gasteiger partial charge in [0.05, 0.1) is 20.8 Å². The first-order valence-electron chi connectivity index (χ1n) is 14.2. The van der Waals surface area contributed by atoms with Gasteiger partial charge in [-0.25, -0.2) is 9.97 Å². The number of ether oxygens (including phenoxy) is 2. The highest BCUT2D eigenvalue weighted by molar-refractivity contribution is 5.76. The second-order valence-corrected chi connectivity index (χ2v) is 10.6. The number of rotatable bonds is 10. The molecule has 2 aromatic carbocycles. The molecule has 0 saturated carbocycles. The van der Waals surface area contributed by atoms with Crippen LogP contribution in [0.15, 0.2) is 54.6 Å². The molecule has 0 spiro atoms. The van der Waals surface area contributed by atoms with E-state index in [4.69, 9.17) is 19.4 Å². The van der Waals surface area contributed by atoms with E-state index in [1.165, 1.54) is 22.3 Å². The Bertz CT molecular complexity index is 1470. The monoisotopic (exact) mass is 539 g/mol. The third-order valence-corrected chi connectivity index (χ3v) is 7.73. The summed E-state index contributed by atoms with van der Waals surface area (Å²) in [4.78, 5) is 14.7. The van der Waals surface area contributed by atoms with Crippen molar-refractivity contribution in [1.29, 1.82) is 0 Å². The van der Waals surface area contributed by atoms with Gasteiger partial charge < -0.3 is 14.0 Å². The summed E-state index contributed by atoms with van der Waals surface area (Å²) in [6.45, 7) is 13.3. The van der Waals surface area contributed by atoms with Gasteiger partial charge in [0.25, 0.3) is 0 Å². The zero-order chi connectivity index (χ0) is 28.1. The van der Waals surface area contributed by atoms with Gasteiger partial charge in [0.2, 0.25) is 0 Å². The van der Waals surface area contributed by atoms with Crippen molar-refractivity contribution < 1.29 is 9.47 Å². The molecule has 0 N–H and O–H groups in total. The molecule has 0 amide bonds. The molecule has 2 aromatic heterocycles. The molecule has 4 aromatic rings. The second-order valence-electron chi connectivity index (χ2n) is 10.6. The van der Waals surface area contributed by atoms with E-state index in [1.54, 1.807) is 14.2 Å². The van der Waals surface area contributed by atoms with Crippen LogP contribution in [0, 0.1) is 13.8 Å². The summed E-state index contributed by atoms with van der Waals surface area (Å²) in [7, 11) is 3.36. The summed E-state index contributed by atoms with van der Waals surface area (Å²) in [6, 6.07) is 17.2. The lowest BCUT2D eigenvalue weighted by molar-refractivity contribution is 0.137. The van der Waals surface area contributed by atoms with Gasteiger partial charge in [-0.2, -0.15) is 0 Å². The van der Waals surface area contributed by atoms with Gasteiger partial charge >= 0.3 is 0 Å². The molecule has 0 atom stereocenters. The van der Waals surface area contributed by atoms with Crippen molar-refractivity contribution in [3.63, 3.8) is 0 Å². The van der Waals surface area contributed by atoms with Crippen LogP contribution in [0.1, 0.15) is 40.7 Å². The van der Waals surface area contributed by atoms with Gasteiger partial charge in [0.1, 0.15) is 11.3 Å². The number of aromatic nitrogens is 3. The molecule has 40 heavy (non-hydrogen) atoms. The number of aryl methyl sites for hydroxylation is 3. The van der Waals surface area contributed by atoms with E-state index >= 15 is 0 Å². The van der Waals surface area contributed by atoms with Crippen molar-refractivity contribution in [1.82, 2.24) is 24.3 Å². The molecular formula is C33H41N5O2. The minimum atomic E-state index is 0.775. The molecule has 0 bridgehead atoms. The number of imidazole rings is 1. The third kappa shape index (κ3) is 6.37. The Kier molecular flexibility index (Phi) is 8.82. The van der Waals surface area contributed by atoms with Gasteiger partial charge in [0, 0.05) is 51.4 Å². The zero-order valence-corrected chi connectivity index (χ0v) is 24.5. The highest BCUT2D eigenvalue weighted by Gasteiger charge is 2.17. The van der Waals surface area contributed by atoms with E-state index in [9.17, 15) is 0 Å². The first-order chi connectivity index (χ1) is 19.5. The zero-order valence-electron chi connectivity index (χ0n) is 24.5. The average Bonchev–Trinajstić information content (AvgIpc) is 3.32. The number of hydrogen-bond acceptors (Lipinski definition) is 6. The Hall–Kier alpha value is -3.68. The lowest BCUT2D eigenvalue weighted by atomic mass is 10.1. The highest BCUT2D eigenvalue weighted by Crippen LogP contribution is 2.28. The van der Waals surface area contributed by atoms with Gasteiger partial charge in [-0.3, -0.25) is 9.80 Å². The lowest BCUT2D eigenvalue weighted by Gasteiger charge is -2.34. The summed E-state index contributed by atoms with van der Waals surface area (Å²) in [6.07, 6.45) is 5.41. The van der Waals surface area contributed by atoms with Crippen LogP contribution in [0.3, 0.4) is 0 Å². The molecule has 0 aliphatic carbocycles. The summed E-state index contributed by atoms with van der Waals surface area (Å²) < 4.78 is 13.1. The van der Waals surface area contributed by atoms with Crippen molar-refractivity contribution in [2.24, 2.45) is 0 Å². The number of benzene rings is 2. The quantitative estimate of drug-likeness (QED) is 0.265. The number of piperazine rings is 1. The van der Waals surface area contributed by atoms with E-state index in [0.29, 0.717) is 0 Å². The molecule has 7 nitrogen and oxygen atoms in total. The molecule has 210 valence electrons. The van der Waals surface area contributed by atoms with E-state index < -0.39 is 0 Å². The van der Waals surface area contributed by atoms with E-state index in [2.05, 4.69) is 89.8 Å². The molecule has 3 heterocycles. The fraction of sp³-hybridized carbons (Fsp3) is 0.394. The summed E-state index contributed by atoms with van der Waals surface area (Å²) in [5, 5.41) is 0. The molecule has 7 heteroatoms. The van der Waals surface area contributed by atoms with E-state index in [-0.39, 0.29) is 0 Å². The van der Waals surface area contributed by atoms with Crippen molar-refractivity contribution in [2.45, 2.75) is 40.3 Å². The standard InChI is InChI=1S/C33H41N5O2/c1-6-31-35-32-24(2)20-25(3)34-33(32)38(31)23-27-11-9-26(10-12-27)8-7-15-36-16-18-37(19-17-36)22-28-13-14-29(39-4)30(21-28)40-5/h7-14,20-21H,6,15-19,22-23H2,1-5H3/b8-7+. The Labute approximate surface area is 238 Å². The Morgan fingerprint density at radius 2 is 1.50 bits per heavy atom. The molecule has 1 aliphatic heterocycles. The molecule has 1 saturated heterocycles. The summed E-state index contributed by atoms with van der Waals surface area (Å²) in [5.74, 6) is 2.65. The van der Waals surface area contributed by atoms with Crippen LogP contribution in [0.5, 0.6) is 11.5 Å². The van der Waals surface area contributed by atoms with Crippen molar-refractivity contribution in [3.05, 3.63) is 88.4 Å². The predicted octanol–water partition coefficient (Wildman–Crippen LogP) is 5.51. The van der Waals surface area contributed by atoms with Crippen LogP contribution in [0.2, 0.25) is 0 Å². The molecule has 1 aliphatic rings. The normalized spacial score (nSPS) is 14.8. The first kappa shape index (κ1) is 27.9. The van der Waals surface area contributed by atoms with Crippen LogP contribution in [-0.4, -0.2) is 71.3 Å². The van der Waals surface area contributed by atoms with Crippen molar-refractivity contribution >= 4 is 17.2 Å². The molecular weight excluding hydrogens is 498 g/mol. The van der Waals surface area contributed by atoms with E-state index in [1.807, 2.05) is 6.07 Å². The van der Waals surface area contributed by atoms with Crippen LogP contribution in [-0.2, 0) is 19.5 Å². The second kappa shape index (κ2) is 12.7.